The molecule has 0 amide bonds. The molecule has 0 N–H and O–H groups in total. The molecule has 0 saturated carbocycles. The first kappa shape index (κ1) is 45.5. The number of para-hydroxylation sites is 4. The Hall–Kier alpha value is -9.92. The Balaban J connectivity index is 0.836. The highest BCUT2D eigenvalue weighted by Crippen LogP contribution is 2.56. The number of imidazole rings is 2. The van der Waals surface area contributed by atoms with E-state index in [0.717, 1.165) is 114 Å². The number of nitrogens with zero attached hydrogens (tertiary/aromatic N) is 8. The third-order valence-electron chi connectivity index (χ3n) is 15.8. The molecule has 4 heterocycles. The number of aromatic nitrogens is 8. The van der Waals surface area contributed by atoms with E-state index in [1.54, 1.807) is 0 Å². The van der Waals surface area contributed by atoms with Crippen molar-refractivity contribution in [2.75, 3.05) is 0 Å². The minimum Gasteiger partial charge on any atom is -0.296 e. The Morgan fingerprint density at radius 3 is 1.10 bits per heavy atom. The van der Waals surface area contributed by atoms with E-state index in [2.05, 4.69) is 229 Å². The maximum Gasteiger partial charge on any atom is 0.160 e. The van der Waals surface area contributed by atoms with Gasteiger partial charge in [-0.2, -0.15) is 0 Å². The van der Waals surface area contributed by atoms with Gasteiger partial charge >= 0.3 is 0 Å². The highest BCUT2D eigenvalue weighted by Gasteiger charge is 2.41. The molecule has 78 heavy (non-hydrogen) atoms. The van der Waals surface area contributed by atoms with Gasteiger partial charge in [-0.1, -0.05) is 172 Å². The molecule has 0 fully saturated rings. The predicted molar refractivity (Wildman–Crippen MR) is 313 cm³/mol. The number of fused-ring (bicyclic) bond motifs is 2. The second-order valence-corrected chi connectivity index (χ2v) is 20.4. The van der Waals surface area contributed by atoms with Crippen LogP contribution in [0.3, 0.4) is 0 Å². The van der Waals surface area contributed by atoms with E-state index in [1.165, 1.54) is 33.4 Å². The van der Waals surface area contributed by atoms with Crippen LogP contribution >= 0.6 is 0 Å². The summed E-state index contributed by atoms with van der Waals surface area (Å²) in [5, 5.41) is 0. The minimum absolute atomic E-state index is 0.0126. The molecule has 8 nitrogen and oxygen atoms in total. The SMILES string of the molecule is CCc1nc2ccccc2n1-c1cccc(-c2cc(-c3ccccc3)nc(-c3ccc4c(c3)C3c5ccccc5C4c4cc(-c5nc(-c6ccccc6)cc(-c6cccc(-n7c(CC)nc8ccccc87)c6)n5)ccc43)n2)c1. The van der Waals surface area contributed by atoms with E-state index in [-0.39, 0.29) is 11.8 Å². The van der Waals surface area contributed by atoms with E-state index in [1.807, 2.05) is 24.3 Å². The van der Waals surface area contributed by atoms with Gasteiger partial charge in [-0.3, -0.25) is 9.13 Å². The lowest BCUT2D eigenvalue weighted by atomic mass is 9.61. The van der Waals surface area contributed by atoms with Crippen LogP contribution in [0.25, 0.3) is 101 Å². The standard InChI is InChI=1S/C70H50N8/c1-3-65-71-57-29-13-15-31-63(57)77(65)49-25-17-23-45(37-49)61-41-59(43-19-7-5-8-20-43)73-69(75-61)47-33-35-53-55(39-47)67-51-27-11-12-28-52(51)68(53)56-40-48(34-36-54(56)67)70-74-60(44-21-9-6-10-22-44)42-62(76-70)46-24-18-26-50(38-46)78-64-32-16-14-30-58(64)72-66(78)4-2/h5-42,67-68H,3-4H2,1-2H3. The van der Waals surface area contributed by atoms with Gasteiger partial charge in [0, 0.05) is 69.4 Å². The normalized spacial score (nSPS) is 14.1. The van der Waals surface area contributed by atoms with E-state index in [9.17, 15) is 0 Å². The van der Waals surface area contributed by atoms with Gasteiger partial charge in [-0.15, -0.1) is 0 Å². The highest BCUT2D eigenvalue weighted by molar-refractivity contribution is 5.82. The van der Waals surface area contributed by atoms with Crippen molar-refractivity contribution < 1.29 is 0 Å². The van der Waals surface area contributed by atoms with Crippen LogP contribution in [0.5, 0.6) is 0 Å². The third kappa shape index (κ3) is 7.51. The molecule has 0 radical (unpaired) electrons. The van der Waals surface area contributed by atoms with Crippen molar-refractivity contribution in [3.05, 3.63) is 276 Å². The van der Waals surface area contributed by atoms with Gasteiger partial charge in [0.2, 0.25) is 0 Å². The molecule has 0 aliphatic heterocycles. The lowest BCUT2D eigenvalue weighted by Crippen LogP contribution is -2.27. The van der Waals surface area contributed by atoms with Crippen molar-refractivity contribution >= 4 is 22.1 Å². The summed E-state index contributed by atoms with van der Waals surface area (Å²) in [6.45, 7) is 4.32. The Bertz CT molecular complexity index is 4210. The summed E-state index contributed by atoms with van der Waals surface area (Å²) < 4.78 is 4.55. The average Bonchev–Trinajstić information content (AvgIpc) is 4.02. The molecular weight excluding hydrogens is 953 g/mol. The molecule has 0 spiro atoms. The van der Waals surface area contributed by atoms with Crippen molar-refractivity contribution in [2.24, 2.45) is 0 Å². The van der Waals surface area contributed by atoms with E-state index in [0.29, 0.717) is 11.6 Å². The van der Waals surface area contributed by atoms with Crippen LogP contribution < -0.4 is 0 Å². The fourth-order valence-electron chi connectivity index (χ4n) is 12.3. The van der Waals surface area contributed by atoms with Crippen LogP contribution in [-0.2, 0) is 12.8 Å². The molecule has 2 atom stereocenters. The summed E-state index contributed by atoms with van der Waals surface area (Å²) in [7, 11) is 0. The van der Waals surface area contributed by atoms with Crippen molar-refractivity contribution in [1.29, 1.82) is 0 Å². The molecule has 9 aromatic carbocycles. The summed E-state index contributed by atoms with van der Waals surface area (Å²) in [5.74, 6) is 3.44. The molecule has 13 aromatic rings. The van der Waals surface area contributed by atoms with Gasteiger partial charge in [0.1, 0.15) is 11.6 Å². The Morgan fingerprint density at radius 2 is 0.667 bits per heavy atom. The van der Waals surface area contributed by atoms with Crippen LogP contribution in [0.4, 0.5) is 0 Å². The molecule has 2 unspecified atom stereocenters. The Kier molecular flexibility index (Phi) is 10.7. The lowest BCUT2D eigenvalue weighted by molar-refractivity contribution is 0.754. The Morgan fingerprint density at radius 1 is 0.295 bits per heavy atom. The van der Waals surface area contributed by atoms with Gasteiger partial charge in [0.25, 0.3) is 0 Å². The lowest BCUT2D eigenvalue weighted by Gasteiger charge is -2.42. The molecule has 3 aliphatic carbocycles. The topological polar surface area (TPSA) is 87.2 Å². The number of hydrogen-bond donors (Lipinski definition) is 0. The molecule has 370 valence electrons. The third-order valence-corrected chi connectivity index (χ3v) is 15.8. The fraction of sp³-hybridized carbons (Fsp3) is 0.0857. The summed E-state index contributed by atoms with van der Waals surface area (Å²) in [6.07, 6.45) is 1.62. The fourth-order valence-corrected chi connectivity index (χ4v) is 12.3. The van der Waals surface area contributed by atoms with Crippen LogP contribution in [0.1, 0.15) is 70.7 Å². The van der Waals surface area contributed by atoms with Gasteiger partial charge in [0.05, 0.1) is 44.8 Å². The van der Waals surface area contributed by atoms with Gasteiger partial charge in [-0.05, 0) is 106 Å². The zero-order valence-corrected chi connectivity index (χ0v) is 43.1. The Labute approximate surface area is 452 Å². The van der Waals surface area contributed by atoms with Crippen molar-refractivity contribution in [1.82, 2.24) is 39.0 Å². The molecule has 3 aliphatic rings. The van der Waals surface area contributed by atoms with Crippen molar-refractivity contribution in [3.8, 4) is 79.2 Å². The van der Waals surface area contributed by atoms with E-state index >= 15 is 0 Å². The summed E-state index contributed by atoms with van der Waals surface area (Å²) in [5.41, 5.74) is 23.6. The molecular formula is C70H50N8. The first-order valence-corrected chi connectivity index (χ1v) is 27.0. The first-order chi connectivity index (χ1) is 38.5. The van der Waals surface area contributed by atoms with Crippen LogP contribution in [0.2, 0.25) is 0 Å². The van der Waals surface area contributed by atoms with Crippen molar-refractivity contribution in [2.45, 2.75) is 38.5 Å². The second kappa shape index (κ2) is 18.4. The smallest absolute Gasteiger partial charge is 0.160 e. The summed E-state index contributed by atoms with van der Waals surface area (Å²) in [4.78, 5) is 31.5. The summed E-state index contributed by atoms with van der Waals surface area (Å²) >= 11 is 0. The number of aryl methyl sites for hydroxylation is 2. The van der Waals surface area contributed by atoms with Gasteiger partial charge < -0.3 is 0 Å². The average molecular weight is 1000 g/mol. The largest absolute Gasteiger partial charge is 0.296 e. The van der Waals surface area contributed by atoms with Gasteiger partial charge in [0.15, 0.2) is 11.6 Å². The maximum absolute atomic E-state index is 5.41. The zero-order valence-electron chi connectivity index (χ0n) is 43.1. The van der Waals surface area contributed by atoms with Crippen LogP contribution in [0, 0.1) is 0 Å². The minimum atomic E-state index is 0.0126. The molecule has 0 saturated heterocycles. The number of hydrogen-bond acceptors (Lipinski definition) is 6. The van der Waals surface area contributed by atoms with Crippen LogP contribution in [-0.4, -0.2) is 39.0 Å². The highest BCUT2D eigenvalue weighted by atomic mass is 15.1. The van der Waals surface area contributed by atoms with Gasteiger partial charge in [-0.25, -0.2) is 29.9 Å². The van der Waals surface area contributed by atoms with E-state index in [4.69, 9.17) is 29.9 Å². The number of benzene rings is 9. The molecule has 4 aromatic heterocycles. The molecule has 16 rings (SSSR count). The van der Waals surface area contributed by atoms with E-state index < -0.39 is 0 Å². The predicted octanol–water partition coefficient (Wildman–Crippen LogP) is 16.1. The summed E-state index contributed by atoms with van der Waals surface area (Å²) in [6, 6.07) is 82.0. The monoisotopic (exact) mass is 1000 g/mol. The first-order valence-electron chi connectivity index (χ1n) is 27.0. The number of rotatable bonds is 10. The maximum atomic E-state index is 5.41. The van der Waals surface area contributed by atoms with Crippen LogP contribution in [0.15, 0.2) is 231 Å². The second-order valence-electron chi connectivity index (χ2n) is 20.4. The van der Waals surface area contributed by atoms with Crippen molar-refractivity contribution in [3.63, 3.8) is 0 Å². The quantitative estimate of drug-likeness (QED) is 0.136. The molecule has 2 bridgehead atoms. The zero-order chi connectivity index (χ0) is 51.8. The molecule has 8 heteroatoms.